The van der Waals surface area contributed by atoms with Gasteiger partial charge in [-0.15, -0.1) is 11.6 Å². The lowest BCUT2D eigenvalue weighted by atomic mass is 10.1. The molecule has 1 fully saturated rings. The summed E-state index contributed by atoms with van der Waals surface area (Å²) in [5.41, 5.74) is 0.359. The van der Waals surface area contributed by atoms with E-state index in [0.29, 0.717) is 24.5 Å². The summed E-state index contributed by atoms with van der Waals surface area (Å²) in [5, 5.41) is 0. The monoisotopic (exact) mass is 353 g/mol. The normalized spacial score (nSPS) is 20.6. The third-order valence-corrected chi connectivity index (χ3v) is 3.73. The Morgan fingerprint density at radius 2 is 2.31 bits per heavy atom. The maximum absolute atomic E-state index is 13.7. The Labute approximate surface area is 112 Å². The number of anilines is 1. The molecule has 2 rings (SSSR count). The van der Waals surface area contributed by atoms with E-state index in [1.165, 1.54) is 11.0 Å². The summed E-state index contributed by atoms with van der Waals surface area (Å²) >= 11 is 7.75. The third-order valence-electron chi connectivity index (χ3n) is 2.62. The van der Waals surface area contributed by atoms with Gasteiger partial charge in [-0.25, -0.2) is 4.39 Å². The predicted octanol–water partition coefficient (Wildman–Crippen LogP) is 3.02. The van der Waals surface area contributed by atoms with Crippen LogP contribution in [0, 0.1) is 15.3 Å². The minimum absolute atomic E-state index is 0.0502. The van der Waals surface area contributed by atoms with E-state index >= 15 is 0 Å². The molecule has 0 spiro atoms. The van der Waals surface area contributed by atoms with Gasteiger partial charge in [0.2, 0.25) is 5.91 Å². The average Bonchev–Trinajstić information content (AvgIpc) is 2.60. The van der Waals surface area contributed by atoms with E-state index in [1.807, 2.05) is 22.6 Å². The Morgan fingerprint density at radius 3 is 2.88 bits per heavy atom. The molecule has 1 unspecified atom stereocenters. The van der Waals surface area contributed by atoms with E-state index in [1.54, 1.807) is 12.1 Å². The second-order valence-electron chi connectivity index (χ2n) is 3.82. The highest BCUT2D eigenvalue weighted by Crippen LogP contribution is 2.28. The number of hydrogen-bond acceptors (Lipinski definition) is 1. The molecule has 0 bridgehead atoms. The van der Waals surface area contributed by atoms with Crippen molar-refractivity contribution >= 4 is 45.8 Å². The number of hydrogen-bond donors (Lipinski definition) is 0. The van der Waals surface area contributed by atoms with Crippen molar-refractivity contribution in [2.75, 3.05) is 17.3 Å². The van der Waals surface area contributed by atoms with Gasteiger partial charge in [-0.05, 0) is 46.7 Å². The average molecular weight is 354 g/mol. The fraction of sp³-hybridized carbons (Fsp3) is 0.364. The fourth-order valence-corrected chi connectivity index (χ4v) is 2.48. The highest BCUT2D eigenvalue weighted by Gasteiger charge is 2.31. The summed E-state index contributed by atoms with van der Waals surface area (Å²) in [7, 11) is 0. The van der Waals surface area contributed by atoms with Crippen molar-refractivity contribution in [3.63, 3.8) is 0 Å². The molecule has 0 aromatic heterocycles. The lowest BCUT2D eigenvalue weighted by Crippen LogP contribution is -2.25. The van der Waals surface area contributed by atoms with Crippen molar-refractivity contribution < 1.29 is 9.18 Å². The van der Waals surface area contributed by atoms with Gasteiger partial charge >= 0.3 is 0 Å². The maximum Gasteiger partial charge on any atom is 0.227 e. The molecule has 1 aliphatic heterocycles. The van der Waals surface area contributed by atoms with Crippen molar-refractivity contribution in [3.8, 4) is 0 Å². The number of carbonyl (C=O) groups is 1. The molecule has 86 valence electrons. The molecular formula is C11H10ClFINO. The Bertz CT molecular complexity index is 426. The van der Waals surface area contributed by atoms with Crippen LogP contribution in [0.5, 0.6) is 0 Å². The number of alkyl halides is 1. The fourth-order valence-electron chi connectivity index (χ4n) is 1.82. The standard InChI is InChI=1S/C11H10ClFINO/c12-5-7-3-11(16)15(6-7)10-2-1-8(14)4-9(10)13/h1-2,4,7H,3,5-6H2. The highest BCUT2D eigenvalue weighted by atomic mass is 127. The number of amides is 1. The van der Waals surface area contributed by atoms with E-state index in [4.69, 9.17) is 11.6 Å². The molecule has 1 amide bonds. The van der Waals surface area contributed by atoms with Gasteiger partial charge in [0.1, 0.15) is 5.82 Å². The summed E-state index contributed by atoms with van der Waals surface area (Å²) in [6, 6.07) is 4.86. The van der Waals surface area contributed by atoms with Crippen LogP contribution < -0.4 is 4.90 Å². The Hall–Kier alpha value is -0.360. The van der Waals surface area contributed by atoms with Crippen LogP contribution in [-0.2, 0) is 4.79 Å². The van der Waals surface area contributed by atoms with Crippen LogP contribution in [0.2, 0.25) is 0 Å². The van der Waals surface area contributed by atoms with Crippen molar-refractivity contribution in [1.82, 2.24) is 0 Å². The molecule has 1 atom stereocenters. The van der Waals surface area contributed by atoms with Crippen LogP contribution in [-0.4, -0.2) is 18.3 Å². The van der Waals surface area contributed by atoms with Crippen molar-refractivity contribution in [2.45, 2.75) is 6.42 Å². The quantitative estimate of drug-likeness (QED) is 0.591. The lowest BCUT2D eigenvalue weighted by Gasteiger charge is -2.17. The molecule has 2 nitrogen and oxygen atoms in total. The van der Waals surface area contributed by atoms with Gasteiger partial charge in [-0.3, -0.25) is 4.79 Å². The molecular weight excluding hydrogens is 343 g/mol. The lowest BCUT2D eigenvalue weighted by molar-refractivity contribution is -0.117. The SMILES string of the molecule is O=C1CC(CCl)CN1c1ccc(I)cc1F. The largest absolute Gasteiger partial charge is 0.309 e. The van der Waals surface area contributed by atoms with Crippen LogP contribution in [0.1, 0.15) is 6.42 Å². The van der Waals surface area contributed by atoms with Crippen LogP contribution in [0.25, 0.3) is 0 Å². The molecule has 1 aliphatic rings. The molecule has 0 N–H and O–H groups in total. The zero-order valence-corrected chi connectivity index (χ0v) is 11.3. The topological polar surface area (TPSA) is 20.3 Å². The van der Waals surface area contributed by atoms with Gasteiger partial charge < -0.3 is 4.90 Å². The van der Waals surface area contributed by atoms with Gasteiger partial charge in [0.15, 0.2) is 0 Å². The van der Waals surface area contributed by atoms with Gasteiger partial charge in [0, 0.05) is 22.4 Å². The van der Waals surface area contributed by atoms with Gasteiger partial charge in [0.05, 0.1) is 5.69 Å². The van der Waals surface area contributed by atoms with E-state index in [9.17, 15) is 9.18 Å². The van der Waals surface area contributed by atoms with Gasteiger partial charge in [-0.1, -0.05) is 0 Å². The number of nitrogens with zero attached hydrogens (tertiary/aromatic N) is 1. The smallest absolute Gasteiger partial charge is 0.227 e. The first kappa shape index (κ1) is 12.1. The van der Waals surface area contributed by atoms with Crippen LogP contribution in [0.3, 0.4) is 0 Å². The van der Waals surface area contributed by atoms with Crippen molar-refractivity contribution in [3.05, 3.63) is 27.6 Å². The van der Waals surface area contributed by atoms with Gasteiger partial charge in [0.25, 0.3) is 0 Å². The summed E-state index contributed by atoms with van der Waals surface area (Å²) in [4.78, 5) is 13.2. The summed E-state index contributed by atoms with van der Waals surface area (Å²) in [6.45, 7) is 0.514. The predicted molar refractivity (Wildman–Crippen MR) is 70.3 cm³/mol. The molecule has 0 radical (unpaired) electrons. The van der Waals surface area contributed by atoms with Crippen LogP contribution >= 0.6 is 34.2 Å². The van der Waals surface area contributed by atoms with Crippen molar-refractivity contribution in [1.29, 1.82) is 0 Å². The molecule has 0 aliphatic carbocycles. The van der Waals surface area contributed by atoms with Crippen LogP contribution in [0.4, 0.5) is 10.1 Å². The minimum atomic E-state index is -0.351. The van der Waals surface area contributed by atoms with Crippen molar-refractivity contribution in [2.24, 2.45) is 5.92 Å². The molecule has 1 saturated heterocycles. The van der Waals surface area contributed by atoms with E-state index in [0.717, 1.165) is 3.57 Å². The van der Waals surface area contributed by atoms with E-state index in [2.05, 4.69) is 0 Å². The van der Waals surface area contributed by atoms with E-state index in [-0.39, 0.29) is 17.6 Å². The first-order chi connectivity index (χ1) is 7.61. The number of halogens is 3. The molecule has 1 aromatic carbocycles. The Morgan fingerprint density at radius 1 is 1.56 bits per heavy atom. The second kappa shape index (κ2) is 4.87. The maximum atomic E-state index is 13.7. The highest BCUT2D eigenvalue weighted by molar-refractivity contribution is 14.1. The molecule has 0 saturated carbocycles. The summed E-state index contributed by atoms with van der Waals surface area (Å²) in [6.07, 6.45) is 0.412. The zero-order valence-electron chi connectivity index (χ0n) is 8.42. The number of carbonyl (C=O) groups excluding carboxylic acids is 1. The first-order valence-corrected chi connectivity index (χ1v) is 6.54. The van der Waals surface area contributed by atoms with Gasteiger partial charge in [-0.2, -0.15) is 0 Å². The third kappa shape index (κ3) is 2.32. The number of rotatable bonds is 2. The Kier molecular flexibility index (Phi) is 3.69. The molecule has 16 heavy (non-hydrogen) atoms. The van der Waals surface area contributed by atoms with Crippen LogP contribution in [0.15, 0.2) is 18.2 Å². The molecule has 5 heteroatoms. The molecule has 1 heterocycles. The minimum Gasteiger partial charge on any atom is -0.309 e. The Balaban J connectivity index is 2.28. The zero-order chi connectivity index (χ0) is 11.7. The summed E-state index contributed by atoms with van der Waals surface area (Å²) < 4.78 is 14.5. The van der Waals surface area contributed by atoms with E-state index < -0.39 is 0 Å². The number of benzene rings is 1. The second-order valence-corrected chi connectivity index (χ2v) is 5.38. The first-order valence-electron chi connectivity index (χ1n) is 4.93. The summed E-state index contributed by atoms with van der Waals surface area (Å²) in [5.74, 6) is 0.169. The molecule has 1 aromatic rings.